The Morgan fingerprint density at radius 1 is 0.778 bits per heavy atom. The summed E-state index contributed by atoms with van der Waals surface area (Å²) in [4.78, 5) is 0. The van der Waals surface area contributed by atoms with Crippen LogP contribution in [0, 0.1) is 0 Å². The van der Waals surface area contributed by atoms with Crippen LogP contribution >= 0.6 is 0 Å². The second-order valence-electron chi connectivity index (χ2n) is 4.53. The van der Waals surface area contributed by atoms with Crippen LogP contribution in [-0.4, -0.2) is 9.51 Å². The van der Waals surface area contributed by atoms with Gasteiger partial charge in [-0.1, -0.05) is 18.2 Å². The van der Waals surface area contributed by atoms with Gasteiger partial charge in [-0.2, -0.15) is 0 Å². The van der Waals surface area contributed by atoms with Crippen LogP contribution in [-0.2, 0) is 0 Å². The van der Waals surface area contributed by atoms with Crippen LogP contribution in [0.3, 0.4) is 0 Å². The minimum absolute atomic E-state index is 0.301. The van der Waals surface area contributed by atoms with Gasteiger partial charge < -0.3 is 9.51 Å². The van der Waals surface area contributed by atoms with Crippen molar-refractivity contribution in [2.75, 3.05) is 0 Å². The number of pyridine rings is 1. The molecule has 2 heteroatoms. The Morgan fingerprint density at radius 3 is 2.39 bits per heavy atom. The molecule has 0 aliphatic carbocycles. The van der Waals surface area contributed by atoms with E-state index in [1.807, 2.05) is 12.1 Å². The van der Waals surface area contributed by atoms with Gasteiger partial charge in [0.25, 0.3) is 0 Å². The van der Waals surface area contributed by atoms with Gasteiger partial charge in [0.2, 0.25) is 0 Å². The molecule has 1 N–H and O–H groups in total. The third-order valence-corrected chi connectivity index (χ3v) is 3.45. The number of phenols is 1. The third-order valence-electron chi connectivity index (χ3n) is 3.45. The van der Waals surface area contributed by atoms with Gasteiger partial charge in [0.05, 0.1) is 5.52 Å². The van der Waals surface area contributed by atoms with Gasteiger partial charge in [0.1, 0.15) is 5.75 Å². The highest BCUT2D eigenvalue weighted by atomic mass is 16.3. The van der Waals surface area contributed by atoms with Crippen LogP contribution < -0.4 is 0 Å². The fraction of sp³-hybridized carbons (Fsp3) is 0. The summed E-state index contributed by atoms with van der Waals surface area (Å²) in [7, 11) is 0. The number of nitrogens with zero attached hydrogens (tertiary/aromatic N) is 1. The molecule has 0 radical (unpaired) electrons. The Kier molecular flexibility index (Phi) is 1.73. The lowest BCUT2D eigenvalue weighted by Gasteiger charge is -1.98. The molecule has 3 aromatic heterocycles. The van der Waals surface area contributed by atoms with Gasteiger partial charge in [-0.15, -0.1) is 0 Å². The molecule has 18 heavy (non-hydrogen) atoms. The predicted molar refractivity (Wildman–Crippen MR) is 73.2 cm³/mol. The molecule has 0 unspecified atom stereocenters. The number of benzene rings is 1. The van der Waals surface area contributed by atoms with Gasteiger partial charge in [-0.25, -0.2) is 0 Å². The SMILES string of the molecule is Oc1ccc(-c2cc3cccc4ccc2n43)cc1. The molecule has 0 aliphatic heterocycles. The summed E-state index contributed by atoms with van der Waals surface area (Å²) in [5, 5.41) is 9.36. The molecule has 0 fully saturated rings. The van der Waals surface area contributed by atoms with Crippen LogP contribution in [0.15, 0.2) is 60.7 Å². The molecule has 0 atom stereocenters. The first kappa shape index (κ1) is 9.54. The van der Waals surface area contributed by atoms with Crippen molar-refractivity contribution in [2.24, 2.45) is 0 Å². The summed E-state index contributed by atoms with van der Waals surface area (Å²) < 4.78 is 2.25. The van der Waals surface area contributed by atoms with Crippen molar-refractivity contribution in [3.05, 3.63) is 60.7 Å². The van der Waals surface area contributed by atoms with E-state index in [1.54, 1.807) is 12.1 Å². The zero-order valence-corrected chi connectivity index (χ0v) is 9.67. The average molecular weight is 233 g/mol. The van der Waals surface area contributed by atoms with E-state index in [9.17, 15) is 5.11 Å². The summed E-state index contributed by atoms with van der Waals surface area (Å²) in [5.41, 5.74) is 5.97. The lowest BCUT2D eigenvalue weighted by Crippen LogP contribution is -1.79. The Morgan fingerprint density at radius 2 is 1.56 bits per heavy atom. The maximum atomic E-state index is 9.36. The van der Waals surface area contributed by atoms with Crippen LogP contribution in [0.5, 0.6) is 5.75 Å². The second-order valence-corrected chi connectivity index (χ2v) is 4.53. The Labute approximate surface area is 104 Å². The second kappa shape index (κ2) is 3.26. The number of hydrogen-bond donors (Lipinski definition) is 1. The molecule has 2 nitrogen and oxygen atoms in total. The number of aromatic hydroxyl groups is 1. The Hall–Kier alpha value is -2.48. The van der Waals surface area contributed by atoms with E-state index in [2.05, 4.69) is 40.8 Å². The molecular formula is C16H11NO. The molecule has 0 saturated carbocycles. The van der Waals surface area contributed by atoms with E-state index in [0.717, 1.165) is 5.56 Å². The Balaban J connectivity index is 2.07. The van der Waals surface area contributed by atoms with E-state index in [4.69, 9.17) is 0 Å². The normalized spacial score (nSPS) is 11.6. The van der Waals surface area contributed by atoms with Crippen LogP contribution in [0.1, 0.15) is 0 Å². The van der Waals surface area contributed by atoms with Crippen molar-refractivity contribution in [3.63, 3.8) is 0 Å². The highest BCUT2D eigenvalue weighted by Crippen LogP contribution is 2.32. The molecule has 0 aliphatic rings. The van der Waals surface area contributed by atoms with Crippen molar-refractivity contribution >= 4 is 16.6 Å². The van der Waals surface area contributed by atoms with Crippen LogP contribution in [0.2, 0.25) is 0 Å². The smallest absolute Gasteiger partial charge is 0.115 e. The molecule has 4 rings (SSSR count). The molecule has 1 aromatic carbocycles. The molecule has 0 saturated heterocycles. The maximum Gasteiger partial charge on any atom is 0.115 e. The average Bonchev–Trinajstić information content (AvgIpc) is 2.97. The van der Waals surface area contributed by atoms with Gasteiger partial charge in [0, 0.05) is 16.6 Å². The van der Waals surface area contributed by atoms with Gasteiger partial charge >= 0.3 is 0 Å². The van der Waals surface area contributed by atoms with Crippen LogP contribution in [0.25, 0.3) is 27.7 Å². The third kappa shape index (κ3) is 1.17. The summed E-state index contributed by atoms with van der Waals surface area (Å²) in [5.74, 6) is 0.301. The number of aromatic nitrogens is 1. The van der Waals surface area contributed by atoms with E-state index in [1.165, 1.54) is 22.1 Å². The summed E-state index contributed by atoms with van der Waals surface area (Å²) in [6.07, 6.45) is 0. The number of rotatable bonds is 1. The molecule has 4 aromatic rings. The first-order chi connectivity index (χ1) is 8.83. The van der Waals surface area contributed by atoms with E-state index < -0.39 is 0 Å². The monoisotopic (exact) mass is 233 g/mol. The summed E-state index contributed by atoms with van der Waals surface area (Å²) >= 11 is 0. The number of phenolic OH excluding ortho intramolecular Hbond substituents is 1. The Bertz CT molecular complexity index is 827. The topological polar surface area (TPSA) is 24.6 Å². The number of hydrogen-bond acceptors (Lipinski definition) is 1. The van der Waals surface area contributed by atoms with Crippen molar-refractivity contribution in [2.45, 2.75) is 0 Å². The molecule has 0 bridgehead atoms. The standard InChI is InChI=1S/C16H11NO/c18-14-7-4-11(5-8-14)15-10-13-3-1-2-12-6-9-16(15)17(12)13/h1-10,18H. The van der Waals surface area contributed by atoms with Crippen molar-refractivity contribution in [3.8, 4) is 16.9 Å². The van der Waals surface area contributed by atoms with Gasteiger partial charge in [-0.3, -0.25) is 0 Å². The summed E-state index contributed by atoms with van der Waals surface area (Å²) in [6.45, 7) is 0. The fourth-order valence-corrected chi connectivity index (χ4v) is 2.61. The lowest BCUT2D eigenvalue weighted by molar-refractivity contribution is 0.475. The zero-order chi connectivity index (χ0) is 12.1. The largest absolute Gasteiger partial charge is 0.508 e. The van der Waals surface area contributed by atoms with Gasteiger partial charge in [-0.05, 0) is 48.0 Å². The van der Waals surface area contributed by atoms with Crippen molar-refractivity contribution in [1.29, 1.82) is 0 Å². The van der Waals surface area contributed by atoms with Gasteiger partial charge in [0.15, 0.2) is 0 Å². The van der Waals surface area contributed by atoms with Crippen LogP contribution in [0.4, 0.5) is 0 Å². The predicted octanol–water partition coefficient (Wildman–Crippen LogP) is 3.90. The highest BCUT2D eigenvalue weighted by molar-refractivity contribution is 5.90. The maximum absolute atomic E-state index is 9.36. The first-order valence-electron chi connectivity index (χ1n) is 5.95. The van der Waals surface area contributed by atoms with E-state index in [0.29, 0.717) is 5.75 Å². The van der Waals surface area contributed by atoms with E-state index >= 15 is 0 Å². The highest BCUT2D eigenvalue weighted by Gasteiger charge is 2.10. The minimum Gasteiger partial charge on any atom is -0.508 e. The van der Waals surface area contributed by atoms with E-state index in [-0.39, 0.29) is 0 Å². The summed E-state index contributed by atoms with van der Waals surface area (Å²) in [6, 6.07) is 20.1. The molecule has 0 amide bonds. The van der Waals surface area contributed by atoms with Crippen molar-refractivity contribution < 1.29 is 5.11 Å². The zero-order valence-electron chi connectivity index (χ0n) is 9.67. The van der Waals surface area contributed by atoms with Crippen molar-refractivity contribution in [1.82, 2.24) is 4.40 Å². The molecule has 3 heterocycles. The molecular weight excluding hydrogens is 222 g/mol. The quantitative estimate of drug-likeness (QED) is 0.529. The molecule has 86 valence electrons. The molecule has 0 spiro atoms. The fourth-order valence-electron chi connectivity index (χ4n) is 2.61. The lowest BCUT2D eigenvalue weighted by atomic mass is 10.1. The first-order valence-corrected chi connectivity index (χ1v) is 5.95. The minimum atomic E-state index is 0.301.